The molecule has 1 aromatic rings. The third kappa shape index (κ3) is 2.60. The number of ether oxygens (including phenoxy) is 1. The van der Waals surface area contributed by atoms with E-state index in [0.29, 0.717) is 25.0 Å². The molecule has 1 saturated carbocycles. The molecule has 2 unspecified atom stereocenters. The van der Waals surface area contributed by atoms with Crippen molar-refractivity contribution in [2.24, 2.45) is 0 Å². The molecule has 1 N–H and O–H groups in total. The SMILES string of the molecule is CC12CCCC(NS(=O)(=O)c3ccc4c(c3)S(=O)(=O)CC4)(CO1)C2. The van der Waals surface area contributed by atoms with Crippen molar-refractivity contribution in [3.05, 3.63) is 23.8 Å². The number of hydrogen-bond acceptors (Lipinski definition) is 5. The summed E-state index contributed by atoms with van der Waals surface area (Å²) >= 11 is 0. The summed E-state index contributed by atoms with van der Waals surface area (Å²) in [5.41, 5.74) is -0.146. The summed E-state index contributed by atoms with van der Waals surface area (Å²) in [6, 6.07) is 4.41. The minimum absolute atomic E-state index is 0.0141. The van der Waals surface area contributed by atoms with Crippen LogP contribution >= 0.6 is 0 Å². The summed E-state index contributed by atoms with van der Waals surface area (Å²) in [7, 11) is -7.16. The van der Waals surface area contributed by atoms with Gasteiger partial charge in [-0.25, -0.2) is 21.6 Å². The predicted molar refractivity (Wildman–Crippen MR) is 88.1 cm³/mol. The van der Waals surface area contributed by atoms with Crippen LogP contribution in [0.1, 0.15) is 38.2 Å². The molecule has 2 fully saturated rings. The third-order valence-corrected chi connectivity index (χ3v) is 8.81. The number of hydrogen-bond donors (Lipinski definition) is 1. The Balaban J connectivity index is 1.67. The van der Waals surface area contributed by atoms with Gasteiger partial charge in [0.2, 0.25) is 10.0 Å². The lowest BCUT2D eigenvalue weighted by Crippen LogP contribution is -2.51. The van der Waals surface area contributed by atoms with Gasteiger partial charge in [-0.05, 0) is 56.7 Å². The maximum absolute atomic E-state index is 12.8. The molecule has 2 heterocycles. The van der Waals surface area contributed by atoms with Gasteiger partial charge in [0.1, 0.15) is 0 Å². The van der Waals surface area contributed by atoms with Gasteiger partial charge in [-0.15, -0.1) is 0 Å². The first-order valence-corrected chi connectivity index (χ1v) is 11.3. The summed E-state index contributed by atoms with van der Waals surface area (Å²) in [5, 5.41) is 0. The first kappa shape index (κ1) is 16.5. The first-order valence-electron chi connectivity index (χ1n) is 8.17. The van der Waals surface area contributed by atoms with Crippen LogP contribution in [-0.2, 0) is 31.0 Å². The normalized spacial score (nSPS) is 34.2. The Labute approximate surface area is 142 Å². The molecule has 0 aromatic heterocycles. The van der Waals surface area contributed by atoms with E-state index in [-0.39, 0.29) is 21.1 Å². The second kappa shape index (κ2) is 5.03. The summed E-state index contributed by atoms with van der Waals surface area (Å²) in [6.45, 7) is 2.39. The van der Waals surface area contributed by atoms with E-state index >= 15 is 0 Å². The number of fused-ring (bicyclic) bond motifs is 3. The van der Waals surface area contributed by atoms with Crippen LogP contribution in [0.4, 0.5) is 0 Å². The molecule has 0 radical (unpaired) electrons. The van der Waals surface area contributed by atoms with Gasteiger partial charge in [0.25, 0.3) is 0 Å². The minimum atomic E-state index is -3.80. The van der Waals surface area contributed by atoms with Crippen LogP contribution < -0.4 is 4.72 Å². The maximum Gasteiger partial charge on any atom is 0.241 e. The van der Waals surface area contributed by atoms with E-state index in [2.05, 4.69) is 4.72 Å². The van der Waals surface area contributed by atoms with Crippen LogP contribution in [0.2, 0.25) is 0 Å². The average molecular weight is 371 g/mol. The second-order valence-corrected chi connectivity index (χ2v) is 11.3. The highest BCUT2D eigenvalue weighted by Crippen LogP contribution is 2.44. The van der Waals surface area contributed by atoms with Gasteiger partial charge >= 0.3 is 0 Å². The van der Waals surface area contributed by atoms with Crippen molar-refractivity contribution in [1.29, 1.82) is 0 Å². The zero-order chi connectivity index (χ0) is 17.2. The highest BCUT2D eigenvalue weighted by Gasteiger charge is 2.51. The molecule has 0 spiro atoms. The largest absolute Gasteiger partial charge is 0.373 e. The smallest absolute Gasteiger partial charge is 0.241 e. The zero-order valence-corrected chi connectivity index (χ0v) is 15.2. The Morgan fingerprint density at radius 2 is 2.04 bits per heavy atom. The van der Waals surface area contributed by atoms with Crippen molar-refractivity contribution >= 4 is 19.9 Å². The van der Waals surface area contributed by atoms with E-state index in [1.54, 1.807) is 6.07 Å². The molecule has 2 bridgehead atoms. The fourth-order valence-electron chi connectivity index (χ4n) is 4.26. The van der Waals surface area contributed by atoms with Crippen molar-refractivity contribution in [2.75, 3.05) is 12.4 Å². The number of nitrogens with one attached hydrogen (secondary N) is 1. The van der Waals surface area contributed by atoms with Gasteiger partial charge in [-0.3, -0.25) is 0 Å². The first-order chi connectivity index (χ1) is 11.1. The van der Waals surface area contributed by atoms with Crippen molar-refractivity contribution in [2.45, 2.75) is 60.0 Å². The molecule has 4 rings (SSSR count). The Morgan fingerprint density at radius 3 is 2.83 bits per heavy atom. The Morgan fingerprint density at radius 1 is 1.25 bits per heavy atom. The molecule has 1 saturated heterocycles. The van der Waals surface area contributed by atoms with Gasteiger partial charge < -0.3 is 4.74 Å². The molecular formula is C16H21NO5S2. The van der Waals surface area contributed by atoms with E-state index in [4.69, 9.17) is 4.74 Å². The summed E-state index contributed by atoms with van der Waals surface area (Å²) in [6.07, 6.45) is 3.69. The van der Waals surface area contributed by atoms with E-state index in [1.165, 1.54) is 12.1 Å². The predicted octanol–water partition coefficient (Wildman–Crippen LogP) is 1.40. The lowest BCUT2D eigenvalue weighted by molar-refractivity contribution is 0.0148. The Kier molecular flexibility index (Phi) is 3.46. The van der Waals surface area contributed by atoms with Crippen molar-refractivity contribution in [3.63, 3.8) is 0 Å². The monoisotopic (exact) mass is 371 g/mol. The van der Waals surface area contributed by atoms with Crippen molar-refractivity contribution in [1.82, 2.24) is 4.72 Å². The molecule has 24 heavy (non-hydrogen) atoms. The van der Waals surface area contributed by atoms with E-state index < -0.39 is 25.4 Å². The zero-order valence-electron chi connectivity index (χ0n) is 13.5. The number of benzene rings is 1. The van der Waals surface area contributed by atoms with Crippen LogP contribution in [0.15, 0.2) is 28.0 Å². The van der Waals surface area contributed by atoms with E-state index in [1.807, 2.05) is 6.92 Å². The third-order valence-electron chi connectivity index (χ3n) is 5.45. The maximum atomic E-state index is 12.8. The van der Waals surface area contributed by atoms with Gasteiger partial charge in [0.15, 0.2) is 9.84 Å². The lowest BCUT2D eigenvalue weighted by Gasteiger charge is -2.35. The van der Waals surface area contributed by atoms with Crippen LogP contribution in [0, 0.1) is 0 Å². The van der Waals surface area contributed by atoms with Crippen LogP contribution in [0.3, 0.4) is 0 Å². The van der Waals surface area contributed by atoms with Crippen LogP contribution in [-0.4, -0.2) is 40.3 Å². The number of rotatable bonds is 3. The van der Waals surface area contributed by atoms with Gasteiger partial charge in [0, 0.05) is 0 Å². The molecule has 0 amide bonds. The van der Waals surface area contributed by atoms with Crippen molar-refractivity contribution in [3.8, 4) is 0 Å². The fourth-order valence-corrected chi connectivity index (χ4v) is 7.37. The molecule has 2 aliphatic heterocycles. The highest BCUT2D eigenvalue weighted by atomic mass is 32.2. The molecule has 2 atom stereocenters. The summed E-state index contributed by atoms with van der Waals surface area (Å²) in [5.74, 6) is 0.0510. The van der Waals surface area contributed by atoms with Crippen molar-refractivity contribution < 1.29 is 21.6 Å². The average Bonchev–Trinajstić information content (AvgIpc) is 2.92. The number of aryl methyl sites for hydroxylation is 1. The fraction of sp³-hybridized carbons (Fsp3) is 0.625. The quantitative estimate of drug-likeness (QED) is 0.867. The molecule has 8 heteroatoms. The lowest BCUT2D eigenvalue weighted by atomic mass is 9.78. The number of sulfonamides is 1. The second-order valence-electron chi connectivity index (χ2n) is 7.49. The Hall–Kier alpha value is -0.960. The van der Waals surface area contributed by atoms with Crippen LogP contribution in [0.5, 0.6) is 0 Å². The minimum Gasteiger partial charge on any atom is -0.373 e. The van der Waals surface area contributed by atoms with Crippen LogP contribution in [0.25, 0.3) is 0 Å². The molecule has 3 aliphatic rings. The van der Waals surface area contributed by atoms with Gasteiger partial charge in [-0.1, -0.05) is 6.07 Å². The highest BCUT2D eigenvalue weighted by molar-refractivity contribution is 7.92. The molecule has 132 valence electrons. The summed E-state index contributed by atoms with van der Waals surface area (Å²) in [4.78, 5) is 0.166. The summed E-state index contributed by atoms with van der Waals surface area (Å²) < 4.78 is 58.4. The molecule has 6 nitrogen and oxygen atoms in total. The van der Waals surface area contributed by atoms with E-state index in [0.717, 1.165) is 19.3 Å². The molecule has 1 aromatic carbocycles. The van der Waals surface area contributed by atoms with E-state index in [9.17, 15) is 16.8 Å². The molecular weight excluding hydrogens is 350 g/mol. The molecule has 1 aliphatic carbocycles. The topological polar surface area (TPSA) is 89.5 Å². The Bertz CT molecular complexity index is 908. The van der Waals surface area contributed by atoms with Gasteiger partial charge in [-0.2, -0.15) is 0 Å². The van der Waals surface area contributed by atoms with Gasteiger partial charge in [0.05, 0.1) is 33.3 Å². The standard InChI is InChI=1S/C16H21NO5S2/c1-15-6-2-7-16(10-15,11-22-15)17-24(20,21)13-4-3-12-5-8-23(18,19)14(12)9-13/h3-4,9,17H,2,5-8,10-11H2,1H3. The number of sulfone groups is 1.